The molecule has 1 aromatic carbocycles. The van der Waals surface area contributed by atoms with Gasteiger partial charge in [-0.25, -0.2) is 0 Å². The molecule has 1 rings (SSSR count). The molecule has 1 aromatic rings. The molecule has 0 radical (unpaired) electrons. The fraction of sp³-hybridized carbons (Fsp3) is 0.529. The van der Waals surface area contributed by atoms with E-state index in [0.29, 0.717) is 5.92 Å². The Morgan fingerprint density at radius 2 is 1.89 bits per heavy atom. The molecule has 19 heavy (non-hydrogen) atoms. The van der Waals surface area contributed by atoms with E-state index in [-0.39, 0.29) is 0 Å². The molecular weight excluding hydrogens is 234 g/mol. The summed E-state index contributed by atoms with van der Waals surface area (Å²) in [6, 6.07) is 6.47. The zero-order valence-corrected chi connectivity index (χ0v) is 12.9. The van der Waals surface area contributed by atoms with Gasteiger partial charge in [0, 0.05) is 20.2 Å². The number of rotatable bonds is 7. The third-order valence-electron chi connectivity index (χ3n) is 3.43. The Bertz CT molecular complexity index is 401. The van der Waals surface area contributed by atoms with Crippen LogP contribution in [0.4, 0.5) is 0 Å². The van der Waals surface area contributed by atoms with Crippen molar-refractivity contribution in [1.29, 1.82) is 0 Å². The van der Waals surface area contributed by atoms with Gasteiger partial charge in [0.1, 0.15) is 0 Å². The highest BCUT2D eigenvalue weighted by Crippen LogP contribution is 2.20. The van der Waals surface area contributed by atoms with Crippen molar-refractivity contribution in [3.05, 3.63) is 40.5 Å². The van der Waals surface area contributed by atoms with Gasteiger partial charge in [-0.3, -0.25) is 0 Å². The number of nitrogens with one attached hydrogen (secondary N) is 1. The van der Waals surface area contributed by atoms with E-state index in [1.807, 2.05) is 0 Å². The molecule has 0 aliphatic carbocycles. The lowest BCUT2D eigenvalue weighted by Crippen LogP contribution is -2.23. The molecule has 2 heteroatoms. The van der Waals surface area contributed by atoms with Gasteiger partial charge in [0.2, 0.25) is 0 Å². The van der Waals surface area contributed by atoms with Crippen molar-refractivity contribution in [1.82, 2.24) is 5.32 Å². The first-order valence-electron chi connectivity index (χ1n) is 7.02. The summed E-state index contributed by atoms with van der Waals surface area (Å²) >= 11 is 0. The molecule has 0 amide bonds. The van der Waals surface area contributed by atoms with Crippen LogP contribution in [0.15, 0.2) is 23.8 Å². The van der Waals surface area contributed by atoms with Crippen LogP contribution in [0.5, 0.6) is 0 Å². The Morgan fingerprint density at radius 3 is 2.42 bits per heavy atom. The summed E-state index contributed by atoms with van der Waals surface area (Å²) in [6.07, 6.45) is 2.34. The van der Waals surface area contributed by atoms with Crippen molar-refractivity contribution in [3.8, 4) is 0 Å². The molecule has 0 aliphatic rings. The number of benzene rings is 1. The second-order valence-electron chi connectivity index (χ2n) is 5.35. The summed E-state index contributed by atoms with van der Waals surface area (Å²) in [5.74, 6) is 0.550. The van der Waals surface area contributed by atoms with Crippen LogP contribution in [0, 0.1) is 19.8 Å². The van der Waals surface area contributed by atoms with E-state index in [0.717, 1.165) is 19.7 Å². The Morgan fingerprint density at radius 1 is 1.26 bits per heavy atom. The zero-order chi connectivity index (χ0) is 14.3. The fourth-order valence-electron chi connectivity index (χ4n) is 2.07. The van der Waals surface area contributed by atoms with Gasteiger partial charge >= 0.3 is 0 Å². The molecule has 0 aromatic heterocycles. The average Bonchev–Trinajstić information content (AvgIpc) is 2.36. The molecule has 106 valence electrons. The van der Waals surface area contributed by atoms with Crippen molar-refractivity contribution in [2.24, 2.45) is 5.92 Å². The Labute approximate surface area is 117 Å². The topological polar surface area (TPSA) is 21.3 Å². The molecule has 0 heterocycles. The molecule has 0 unspecified atom stereocenters. The fourth-order valence-corrected chi connectivity index (χ4v) is 2.07. The van der Waals surface area contributed by atoms with Gasteiger partial charge in [0.25, 0.3) is 0 Å². The zero-order valence-electron chi connectivity index (χ0n) is 12.9. The lowest BCUT2D eigenvalue weighted by atomic mass is 9.95. The van der Waals surface area contributed by atoms with E-state index in [4.69, 9.17) is 4.74 Å². The molecule has 1 N–H and O–H groups in total. The van der Waals surface area contributed by atoms with E-state index in [1.54, 1.807) is 7.11 Å². The third-order valence-corrected chi connectivity index (χ3v) is 3.43. The van der Waals surface area contributed by atoms with Crippen LogP contribution in [-0.4, -0.2) is 26.8 Å². The Kier molecular flexibility index (Phi) is 6.82. The van der Waals surface area contributed by atoms with Crippen molar-refractivity contribution in [3.63, 3.8) is 0 Å². The highest BCUT2D eigenvalue weighted by atomic mass is 16.5. The Hall–Kier alpha value is -1.12. The lowest BCUT2D eigenvalue weighted by molar-refractivity contribution is 0.200. The van der Waals surface area contributed by atoms with Crippen molar-refractivity contribution >= 4 is 6.08 Å². The SMILES string of the molecule is COCCNC/C(=C/c1c(C)cccc1C)C(C)C. The van der Waals surface area contributed by atoms with E-state index in [1.165, 1.54) is 22.3 Å². The maximum absolute atomic E-state index is 5.06. The van der Waals surface area contributed by atoms with E-state index in [2.05, 4.69) is 57.3 Å². The van der Waals surface area contributed by atoms with Crippen LogP contribution >= 0.6 is 0 Å². The molecule has 0 saturated carbocycles. The first-order valence-corrected chi connectivity index (χ1v) is 7.02. The van der Waals surface area contributed by atoms with Gasteiger partial charge in [-0.15, -0.1) is 0 Å². The van der Waals surface area contributed by atoms with Gasteiger partial charge in [0.15, 0.2) is 0 Å². The number of aryl methyl sites for hydroxylation is 2. The van der Waals surface area contributed by atoms with E-state index in [9.17, 15) is 0 Å². The summed E-state index contributed by atoms with van der Waals surface area (Å²) in [5, 5.41) is 3.43. The van der Waals surface area contributed by atoms with Crippen LogP contribution in [-0.2, 0) is 4.74 Å². The Balaban J connectivity index is 2.83. The molecule has 0 aliphatic heterocycles. The first kappa shape index (κ1) is 15.9. The quantitative estimate of drug-likeness (QED) is 0.758. The minimum atomic E-state index is 0.550. The van der Waals surface area contributed by atoms with Crippen LogP contribution in [0.25, 0.3) is 6.08 Å². The normalized spacial score (nSPS) is 12.2. The summed E-state index contributed by atoms with van der Waals surface area (Å²) in [7, 11) is 1.73. The predicted octanol–water partition coefficient (Wildman–Crippen LogP) is 3.58. The van der Waals surface area contributed by atoms with Crippen LogP contribution in [0.2, 0.25) is 0 Å². The molecule has 0 atom stereocenters. The number of hydrogen-bond donors (Lipinski definition) is 1. The second kappa shape index (κ2) is 8.13. The van der Waals surface area contributed by atoms with Gasteiger partial charge in [-0.1, -0.05) is 43.7 Å². The van der Waals surface area contributed by atoms with Crippen LogP contribution < -0.4 is 5.32 Å². The van der Waals surface area contributed by atoms with Gasteiger partial charge in [-0.05, 0) is 36.5 Å². The molecule has 0 bridgehead atoms. The number of hydrogen-bond acceptors (Lipinski definition) is 2. The maximum Gasteiger partial charge on any atom is 0.0587 e. The lowest BCUT2D eigenvalue weighted by Gasteiger charge is -2.15. The molecule has 0 saturated heterocycles. The predicted molar refractivity (Wildman–Crippen MR) is 83.5 cm³/mol. The monoisotopic (exact) mass is 261 g/mol. The smallest absolute Gasteiger partial charge is 0.0587 e. The summed E-state index contributed by atoms with van der Waals surface area (Å²) in [5.41, 5.74) is 5.48. The summed E-state index contributed by atoms with van der Waals surface area (Å²) < 4.78 is 5.06. The average molecular weight is 261 g/mol. The number of methoxy groups -OCH3 is 1. The minimum Gasteiger partial charge on any atom is -0.383 e. The second-order valence-corrected chi connectivity index (χ2v) is 5.35. The largest absolute Gasteiger partial charge is 0.383 e. The van der Waals surface area contributed by atoms with Gasteiger partial charge in [-0.2, -0.15) is 0 Å². The van der Waals surface area contributed by atoms with E-state index < -0.39 is 0 Å². The van der Waals surface area contributed by atoms with E-state index >= 15 is 0 Å². The van der Waals surface area contributed by atoms with Crippen LogP contribution in [0.1, 0.15) is 30.5 Å². The summed E-state index contributed by atoms with van der Waals surface area (Å²) in [4.78, 5) is 0. The van der Waals surface area contributed by atoms with Gasteiger partial charge < -0.3 is 10.1 Å². The van der Waals surface area contributed by atoms with Crippen LogP contribution in [0.3, 0.4) is 0 Å². The number of ether oxygens (including phenoxy) is 1. The first-order chi connectivity index (χ1) is 9.06. The van der Waals surface area contributed by atoms with Gasteiger partial charge in [0.05, 0.1) is 6.61 Å². The van der Waals surface area contributed by atoms with Crippen molar-refractivity contribution in [2.75, 3.05) is 26.8 Å². The standard InChI is InChI=1S/C17H27NO/c1-13(2)16(12-18-9-10-19-5)11-17-14(3)7-6-8-15(17)4/h6-8,11,13,18H,9-10,12H2,1-5H3/b16-11-. The molecule has 2 nitrogen and oxygen atoms in total. The molecular formula is C17H27NO. The highest BCUT2D eigenvalue weighted by Gasteiger charge is 2.06. The third kappa shape index (κ3) is 5.17. The molecule has 0 fully saturated rings. The van der Waals surface area contributed by atoms with Crippen molar-refractivity contribution < 1.29 is 4.74 Å². The molecule has 0 spiro atoms. The minimum absolute atomic E-state index is 0.550. The van der Waals surface area contributed by atoms with Crippen molar-refractivity contribution in [2.45, 2.75) is 27.7 Å². The summed E-state index contributed by atoms with van der Waals surface area (Å²) in [6.45, 7) is 11.4. The highest BCUT2D eigenvalue weighted by molar-refractivity contribution is 5.60. The maximum atomic E-state index is 5.06.